The molecule has 0 aliphatic rings. The fourth-order valence-corrected chi connectivity index (χ4v) is 3.79. The Bertz CT molecular complexity index is 1310. The quantitative estimate of drug-likeness (QED) is 0.158. The molecule has 2 amide bonds. The van der Waals surface area contributed by atoms with Crippen molar-refractivity contribution in [2.24, 2.45) is 0 Å². The number of nitro benzene ring substituents is 1. The van der Waals surface area contributed by atoms with Crippen molar-refractivity contribution in [3.8, 4) is 0 Å². The number of hydrogen-bond donors (Lipinski definition) is 3. The van der Waals surface area contributed by atoms with Gasteiger partial charge in [-0.3, -0.25) is 24.6 Å². The predicted octanol–water partition coefficient (Wildman–Crippen LogP) is 4.29. The highest BCUT2D eigenvalue weighted by atomic mass is 16.6. The number of carbonyl (C=O) groups excluding carboxylic acids is 2. The third kappa shape index (κ3) is 13.8. The Balaban J connectivity index is 0.000000878. The van der Waals surface area contributed by atoms with Crippen molar-refractivity contribution in [3.05, 3.63) is 101 Å². The van der Waals surface area contributed by atoms with E-state index in [0.717, 1.165) is 13.1 Å². The number of anilines is 2. The molecule has 0 unspecified atom stereocenters. The minimum Gasteiger partial charge on any atom is -0.473 e. The van der Waals surface area contributed by atoms with Crippen LogP contribution in [0.2, 0.25) is 0 Å². The van der Waals surface area contributed by atoms with Crippen LogP contribution in [-0.2, 0) is 14.4 Å². The van der Waals surface area contributed by atoms with Gasteiger partial charge in [-0.15, -0.1) is 0 Å². The van der Waals surface area contributed by atoms with Gasteiger partial charge in [-0.25, -0.2) is 9.59 Å². The Morgan fingerprint density at radius 3 is 1.53 bits per heavy atom. The second-order valence-electron chi connectivity index (χ2n) is 9.66. The molecule has 0 bridgehead atoms. The van der Waals surface area contributed by atoms with Gasteiger partial charge in [-0.1, -0.05) is 50.2 Å². The maximum atomic E-state index is 13.6. The summed E-state index contributed by atoms with van der Waals surface area (Å²) in [4.78, 5) is 61.0. The number of aliphatic hydroxyl groups excluding tert-OH is 1. The Kier molecular flexibility index (Phi) is 16.8. The van der Waals surface area contributed by atoms with Gasteiger partial charge in [0.15, 0.2) is 0 Å². The largest absolute Gasteiger partial charge is 0.473 e. The molecule has 0 radical (unpaired) electrons. The molecule has 0 aliphatic heterocycles. The zero-order valence-electron chi connectivity index (χ0n) is 25.8. The van der Waals surface area contributed by atoms with Gasteiger partial charge in [0.25, 0.3) is 17.5 Å². The number of hydrogen-bond acceptors (Lipinski definition) is 8. The summed E-state index contributed by atoms with van der Waals surface area (Å²) >= 11 is 0. The molecular formula is C32H40N4O9. The molecule has 0 aliphatic carbocycles. The van der Waals surface area contributed by atoms with Crippen LogP contribution in [0.5, 0.6) is 0 Å². The Morgan fingerprint density at radius 1 is 0.756 bits per heavy atom. The zero-order chi connectivity index (χ0) is 33.9. The zero-order valence-corrected chi connectivity index (χ0v) is 25.8. The lowest BCUT2D eigenvalue weighted by molar-refractivity contribution is -0.384. The number of nitrogens with zero attached hydrogens (tertiary/aromatic N) is 4. The molecule has 242 valence electrons. The molecule has 0 atom stereocenters. The fraction of sp³-hybridized carbons (Fsp3) is 0.312. The predicted molar refractivity (Wildman–Crippen MR) is 169 cm³/mol. The number of benzene rings is 3. The van der Waals surface area contributed by atoms with Gasteiger partial charge in [0, 0.05) is 48.3 Å². The average molecular weight is 625 g/mol. The SMILES string of the molecule is CC(C)O.CCN(CC)CCN(CC(=O)N(c1ccccc1)c1ccccc1)C(=O)c1ccc([N+](=O)[O-])cc1.O=C(O)C(=O)O. The Hall–Kier alpha value is -5.14. The van der Waals surface area contributed by atoms with Crippen LogP contribution in [-0.4, -0.2) is 92.6 Å². The first-order valence-electron chi connectivity index (χ1n) is 14.2. The molecule has 0 saturated heterocycles. The second-order valence-corrected chi connectivity index (χ2v) is 9.66. The third-order valence-electron chi connectivity index (χ3n) is 5.98. The van der Waals surface area contributed by atoms with Crippen LogP contribution in [0.1, 0.15) is 38.1 Å². The summed E-state index contributed by atoms with van der Waals surface area (Å²) in [6.07, 6.45) is -0.167. The summed E-state index contributed by atoms with van der Waals surface area (Å²) in [7, 11) is 0. The molecule has 3 rings (SSSR count). The van der Waals surface area contributed by atoms with Gasteiger partial charge in [-0.2, -0.15) is 0 Å². The molecular weight excluding hydrogens is 584 g/mol. The number of aliphatic hydroxyl groups is 1. The number of likely N-dealkylation sites (N-methyl/N-ethyl adjacent to an activating group) is 1. The number of nitro groups is 1. The van der Waals surface area contributed by atoms with Gasteiger partial charge >= 0.3 is 11.9 Å². The van der Waals surface area contributed by atoms with Crippen LogP contribution in [0.15, 0.2) is 84.9 Å². The molecule has 3 N–H and O–H groups in total. The highest BCUT2D eigenvalue weighted by molar-refractivity contribution is 6.27. The first-order chi connectivity index (χ1) is 21.3. The van der Waals surface area contributed by atoms with Crippen LogP contribution >= 0.6 is 0 Å². The smallest absolute Gasteiger partial charge is 0.414 e. The summed E-state index contributed by atoms with van der Waals surface area (Å²) in [6.45, 7) is 10.00. The second kappa shape index (κ2) is 19.9. The van der Waals surface area contributed by atoms with E-state index in [1.54, 1.807) is 18.7 Å². The van der Waals surface area contributed by atoms with E-state index in [-0.39, 0.29) is 30.2 Å². The van der Waals surface area contributed by atoms with Gasteiger partial charge in [0.05, 0.1) is 4.92 Å². The summed E-state index contributed by atoms with van der Waals surface area (Å²) < 4.78 is 0. The highest BCUT2D eigenvalue weighted by Gasteiger charge is 2.25. The summed E-state index contributed by atoms with van der Waals surface area (Å²) in [5, 5.41) is 33.8. The number of non-ortho nitro benzene ring substituents is 1. The molecule has 3 aromatic rings. The van der Waals surface area contributed by atoms with Crippen LogP contribution in [0.4, 0.5) is 17.1 Å². The van der Waals surface area contributed by atoms with E-state index < -0.39 is 16.9 Å². The molecule has 0 spiro atoms. The van der Waals surface area contributed by atoms with E-state index in [1.807, 2.05) is 74.5 Å². The average Bonchev–Trinajstić information content (AvgIpc) is 3.02. The summed E-state index contributed by atoms with van der Waals surface area (Å²) in [6, 6.07) is 24.1. The van der Waals surface area contributed by atoms with Gasteiger partial charge in [0.1, 0.15) is 6.54 Å². The molecule has 0 fully saturated rings. The van der Waals surface area contributed by atoms with Crippen LogP contribution in [0.3, 0.4) is 0 Å². The van der Waals surface area contributed by atoms with Crippen molar-refractivity contribution in [3.63, 3.8) is 0 Å². The molecule has 3 aromatic carbocycles. The number of carboxylic acid groups (broad SMARTS) is 2. The number of aliphatic carboxylic acids is 2. The van der Waals surface area contributed by atoms with Crippen molar-refractivity contribution in [1.29, 1.82) is 0 Å². The first kappa shape index (κ1) is 37.9. The number of carboxylic acids is 2. The van der Waals surface area contributed by atoms with Crippen molar-refractivity contribution in [2.75, 3.05) is 37.6 Å². The molecule has 0 saturated carbocycles. The Labute approximate surface area is 262 Å². The third-order valence-corrected chi connectivity index (χ3v) is 5.98. The number of para-hydroxylation sites is 2. The lowest BCUT2D eigenvalue weighted by Gasteiger charge is -2.29. The number of carbonyl (C=O) groups is 4. The maximum Gasteiger partial charge on any atom is 0.414 e. The summed E-state index contributed by atoms with van der Waals surface area (Å²) in [5.41, 5.74) is 1.62. The van der Waals surface area contributed by atoms with Gasteiger partial charge < -0.3 is 25.1 Å². The molecule has 0 heterocycles. The minimum absolute atomic E-state index is 0.0911. The number of amides is 2. The topological polar surface area (TPSA) is 182 Å². The minimum atomic E-state index is -1.82. The maximum absolute atomic E-state index is 13.6. The highest BCUT2D eigenvalue weighted by Crippen LogP contribution is 2.25. The van der Waals surface area contributed by atoms with E-state index in [0.29, 0.717) is 30.0 Å². The number of rotatable bonds is 11. The van der Waals surface area contributed by atoms with Crippen LogP contribution in [0, 0.1) is 10.1 Å². The molecule has 0 aromatic heterocycles. The monoisotopic (exact) mass is 624 g/mol. The standard InChI is InChI=1S/C27H30N4O4.C3H8O.C2H2O4/c1-3-28(4-2)19-20-29(27(33)22-15-17-25(18-16-22)31(34)35)21-26(32)30(23-11-7-5-8-12-23)24-13-9-6-10-14-24;1-3(2)4;3-1(4)2(5)6/h5-18H,3-4,19-21H2,1-2H3;3-4H,1-2H3;(H,3,4)(H,5,6). The van der Waals surface area contributed by atoms with Crippen molar-refractivity contribution in [2.45, 2.75) is 33.8 Å². The van der Waals surface area contributed by atoms with E-state index in [9.17, 15) is 19.7 Å². The molecule has 13 heteroatoms. The normalized spacial score (nSPS) is 10.1. The van der Waals surface area contributed by atoms with E-state index >= 15 is 0 Å². The Morgan fingerprint density at radius 2 is 1.18 bits per heavy atom. The van der Waals surface area contributed by atoms with Gasteiger partial charge in [-0.05, 0) is 63.3 Å². The van der Waals surface area contributed by atoms with Gasteiger partial charge in [0.2, 0.25) is 0 Å². The molecule has 13 nitrogen and oxygen atoms in total. The van der Waals surface area contributed by atoms with Crippen molar-refractivity contribution in [1.82, 2.24) is 9.80 Å². The van der Waals surface area contributed by atoms with Crippen LogP contribution < -0.4 is 4.90 Å². The van der Waals surface area contributed by atoms with E-state index in [1.165, 1.54) is 29.2 Å². The van der Waals surface area contributed by atoms with E-state index in [4.69, 9.17) is 24.9 Å². The fourth-order valence-electron chi connectivity index (χ4n) is 3.79. The lowest BCUT2D eigenvalue weighted by Crippen LogP contribution is -2.44. The molecule has 45 heavy (non-hydrogen) atoms. The lowest BCUT2D eigenvalue weighted by atomic mass is 10.1. The van der Waals surface area contributed by atoms with E-state index in [2.05, 4.69) is 4.90 Å². The van der Waals surface area contributed by atoms with Crippen LogP contribution in [0.25, 0.3) is 0 Å². The summed E-state index contributed by atoms with van der Waals surface area (Å²) in [5.74, 6) is -4.25. The first-order valence-corrected chi connectivity index (χ1v) is 14.2. The van der Waals surface area contributed by atoms with Crippen molar-refractivity contribution >= 4 is 40.8 Å². The van der Waals surface area contributed by atoms with Crippen molar-refractivity contribution < 1.29 is 39.4 Å².